The third kappa shape index (κ3) is 3.29. The number of nitrogens with one attached hydrogen (secondary N) is 1. The topological polar surface area (TPSA) is 30.5 Å². The minimum Gasteiger partial charge on any atom is -0.493 e. The minimum absolute atomic E-state index is 0.152. The van der Waals surface area contributed by atoms with Crippen molar-refractivity contribution in [1.29, 1.82) is 0 Å². The molecular weight excluding hydrogens is 238 g/mol. The van der Waals surface area contributed by atoms with Gasteiger partial charge in [-0.2, -0.15) is 0 Å². The second kappa shape index (κ2) is 5.66. The Morgan fingerprint density at radius 2 is 2.32 bits per heavy atom. The van der Waals surface area contributed by atoms with E-state index in [0.717, 1.165) is 24.3 Å². The predicted octanol–water partition coefficient (Wildman–Crippen LogP) is 3.46. The van der Waals surface area contributed by atoms with Gasteiger partial charge in [-0.25, -0.2) is 0 Å². The molecule has 1 aromatic rings. The lowest BCUT2D eigenvalue weighted by atomic mass is 9.90. The first-order valence-electron chi connectivity index (χ1n) is 6.79. The lowest BCUT2D eigenvalue weighted by molar-refractivity contribution is 0.0671. The highest BCUT2D eigenvalue weighted by Gasteiger charge is 2.33. The van der Waals surface area contributed by atoms with Crippen LogP contribution >= 0.6 is 0 Å². The molecule has 0 aromatic heterocycles. The highest BCUT2D eigenvalue weighted by Crippen LogP contribution is 2.40. The normalized spacial score (nSPS) is 20.3. The zero-order chi connectivity index (χ0) is 13.9. The maximum absolute atomic E-state index is 6.06. The standard InChI is InChI=1S/C16H23NO2/c1-5-6-9-18-12-7-8-13-14(17-4)11-16(2,3)19-15(13)10-12/h5,7-8,10,14,17H,1,6,9,11H2,2-4H3. The number of rotatable bonds is 5. The van der Waals surface area contributed by atoms with E-state index >= 15 is 0 Å². The summed E-state index contributed by atoms with van der Waals surface area (Å²) in [6.07, 6.45) is 3.67. The molecular formula is C16H23NO2. The van der Waals surface area contributed by atoms with E-state index in [1.165, 1.54) is 5.56 Å². The smallest absolute Gasteiger partial charge is 0.128 e. The zero-order valence-corrected chi connectivity index (χ0v) is 12.0. The third-order valence-corrected chi connectivity index (χ3v) is 3.38. The number of fused-ring (bicyclic) bond motifs is 1. The summed E-state index contributed by atoms with van der Waals surface area (Å²) in [5.74, 6) is 1.78. The Balaban J connectivity index is 2.20. The van der Waals surface area contributed by atoms with Gasteiger partial charge in [-0.15, -0.1) is 6.58 Å². The molecule has 1 aromatic carbocycles. The summed E-state index contributed by atoms with van der Waals surface area (Å²) in [6.45, 7) is 8.58. The highest BCUT2D eigenvalue weighted by molar-refractivity contribution is 5.44. The Morgan fingerprint density at radius 1 is 1.53 bits per heavy atom. The number of ether oxygens (including phenoxy) is 2. The molecule has 0 amide bonds. The highest BCUT2D eigenvalue weighted by atomic mass is 16.5. The molecule has 0 saturated carbocycles. The quantitative estimate of drug-likeness (QED) is 0.650. The fourth-order valence-electron chi connectivity index (χ4n) is 2.44. The molecule has 0 spiro atoms. The largest absolute Gasteiger partial charge is 0.493 e. The van der Waals surface area contributed by atoms with E-state index in [1.54, 1.807) is 0 Å². The van der Waals surface area contributed by atoms with Crippen molar-refractivity contribution in [3.63, 3.8) is 0 Å². The van der Waals surface area contributed by atoms with Crippen molar-refractivity contribution in [2.45, 2.75) is 38.3 Å². The van der Waals surface area contributed by atoms with Crippen LogP contribution in [0.3, 0.4) is 0 Å². The molecule has 1 heterocycles. The lowest BCUT2D eigenvalue weighted by Gasteiger charge is -2.37. The van der Waals surface area contributed by atoms with Crippen molar-refractivity contribution < 1.29 is 9.47 Å². The molecule has 2 rings (SSSR count). The third-order valence-electron chi connectivity index (χ3n) is 3.38. The Morgan fingerprint density at radius 3 is 3.00 bits per heavy atom. The molecule has 0 bridgehead atoms. The Kier molecular flexibility index (Phi) is 4.15. The van der Waals surface area contributed by atoms with Crippen LogP contribution in [0.4, 0.5) is 0 Å². The van der Waals surface area contributed by atoms with Crippen molar-refractivity contribution >= 4 is 0 Å². The maximum Gasteiger partial charge on any atom is 0.128 e. The van der Waals surface area contributed by atoms with Gasteiger partial charge < -0.3 is 14.8 Å². The summed E-state index contributed by atoms with van der Waals surface area (Å²) in [5.41, 5.74) is 1.05. The molecule has 1 aliphatic rings. The van der Waals surface area contributed by atoms with Crippen LogP contribution in [0.25, 0.3) is 0 Å². The Hall–Kier alpha value is -1.48. The van der Waals surface area contributed by atoms with Crippen molar-refractivity contribution in [3.05, 3.63) is 36.4 Å². The molecule has 0 fully saturated rings. The fraction of sp³-hybridized carbons (Fsp3) is 0.500. The van der Waals surface area contributed by atoms with Crippen LogP contribution in [0, 0.1) is 0 Å². The zero-order valence-electron chi connectivity index (χ0n) is 12.0. The summed E-state index contributed by atoms with van der Waals surface area (Å²) in [5, 5.41) is 3.35. The molecule has 0 saturated heterocycles. The first-order valence-corrected chi connectivity index (χ1v) is 6.79. The van der Waals surface area contributed by atoms with Crippen LogP contribution in [0.2, 0.25) is 0 Å². The van der Waals surface area contributed by atoms with Crippen LogP contribution in [0.1, 0.15) is 38.3 Å². The first kappa shape index (κ1) is 13.9. The fourth-order valence-corrected chi connectivity index (χ4v) is 2.44. The molecule has 0 radical (unpaired) electrons. The minimum atomic E-state index is -0.152. The lowest BCUT2D eigenvalue weighted by Crippen LogP contribution is -2.38. The molecule has 104 valence electrons. The SMILES string of the molecule is C=CCCOc1ccc2c(c1)OC(C)(C)CC2NC. The van der Waals surface area contributed by atoms with Crippen LogP contribution in [-0.2, 0) is 0 Å². The van der Waals surface area contributed by atoms with Gasteiger partial charge in [0, 0.05) is 24.1 Å². The van der Waals surface area contributed by atoms with Gasteiger partial charge in [-0.3, -0.25) is 0 Å². The second-order valence-electron chi connectivity index (χ2n) is 5.53. The van der Waals surface area contributed by atoms with Gasteiger partial charge in [0.05, 0.1) is 6.61 Å². The molecule has 3 heteroatoms. The van der Waals surface area contributed by atoms with Gasteiger partial charge in [0.2, 0.25) is 0 Å². The van der Waals surface area contributed by atoms with E-state index in [-0.39, 0.29) is 5.60 Å². The average Bonchev–Trinajstić information content (AvgIpc) is 2.36. The summed E-state index contributed by atoms with van der Waals surface area (Å²) >= 11 is 0. The van der Waals surface area contributed by atoms with Gasteiger partial charge >= 0.3 is 0 Å². The number of hydrogen-bond acceptors (Lipinski definition) is 3. The summed E-state index contributed by atoms with van der Waals surface area (Å²) in [7, 11) is 1.99. The van der Waals surface area contributed by atoms with Crippen LogP contribution in [0.5, 0.6) is 11.5 Å². The number of hydrogen-bond donors (Lipinski definition) is 1. The van der Waals surface area contributed by atoms with Crippen LogP contribution in [0.15, 0.2) is 30.9 Å². The molecule has 1 aliphatic heterocycles. The molecule has 1 N–H and O–H groups in total. The molecule has 1 atom stereocenters. The van der Waals surface area contributed by atoms with E-state index in [2.05, 4.69) is 31.8 Å². The predicted molar refractivity (Wildman–Crippen MR) is 77.9 cm³/mol. The average molecular weight is 261 g/mol. The Labute approximate surface area is 115 Å². The summed E-state index contributed by atoms with van der Waals surface area (Å²) in [6, 6.07) is 6.42. The molecule has 19 heavy (non-hydrogen) atoms. The van der Waals surface area contributed by atoms with Gasteiger partial charge in [0.15, 0.2) is 0 Å². The van der Waals surface area contributed by atoms with E-state index in [1.807, 2.05) is 25.3 Å². The number of benzene rings is 1. The van der Waals surface area contributed by atoms with Crippen LogP contribution < -0.4 is 14.8 Å². The van der Waals surface area contributed by atoms with Gasteiger partial charge in [0.25, 0.3) is 0 Å². The first-order chi connectivity index (χ1) is 9.05. The van der Waals surface area contributed by atoms with E-state index in [9.17, 15) is 0 Å². The van der Waals surface area contributed by atoms with Gasteiger partial charge in [-0.05, 0) is 33.4 Å². The molecule has 3 nitrogen and oxygen atoms in total. The van der Waals surface area contributed by atoms with Crippen molar-refractivity contribution in [2.24, 2.45) is 0 Å². The van der Waals surface area contributed by atoms with E-state index < -0.39 is 0 Å². The second-order valence-corrected chi connectivity index (χ2v) is 5.53. The van der Waals surface area contributed by atoms with Gasteiger partial charge in [-0.1, -0.05) is 12.1 Å². The molecule has 0 aliphatic carbocycles. The molecule has 1 unspecified atom stereocenters. The summed E-state index contributed by atoms with van der Waals surface area (Å²) in [4.78, 5) is 0. The van der Waals surface area contributed by atoms with E-state index in [0.29, 0.717) is 12.6 Å². The Bertz CT molecular complexity index is 454. The van der Waals surface area contributed by atoms with Crippen LogP contribution in [-0.4, -0.2) is 19.3 Å². The monoisotopic (exact) mass is 261 g/mol. The van der Waals surface area contributed by atoms with Crippen molar-refractivity contribution in [2.75, 3.05) is 13.7 Å². The van der Waals surface area contributed by atoms with E-state index in [4.69, 9.17) is 9.47 Å². The summed E-state index contributed by atoms with van der Waals surface area (Å²) < 4.78 is 11.7. The maximum atomic E-state index is 6.06. The van der Waals surface area contributed by atoms with Gasteiger partial charge in [0.1, 0.15) is 17.1 Å². The van der Waals surface area contributed by atoms with Crippen molar-refractivity contribution in [1.82, 2.24) is 5.32 Å². The van der Waals surface area contributed by atoms with Crippen molar-refractivity contribution in [3.8, 4) is 11.5 Å².